The van der Waals surface area contributed by atoms with Gasteiger partial charge in [0.25, 0.3) is 6.01 Å². The molecule has 0 aromatic carbocycles. The zero-order valence-electron chi connectivity index (χ0n) is 8.81. The van der Waals surface area contributed by atoms with Crippen molar-refractivity contribution in [1.82, 2.24) is 19.9 Å². The lowest BCUT2D eigenvalue weighted by atomic mass is 10.5. The minimum Gasteiger partial charge on any atom is -0.468 e. The van der Waals surface area contributed by atoms with Crippen molar-refractivity contribution >= 4 is 11.2 Å². The largest absolute Gasteiger partial charge is 0.468 e. The number of hydrogen-bond acceptors (Lipinski definition) is 5. The van der Waals surface area contributed by atoms with Crippen molar-refractivity contribution in [3.8, 4) is 12.0 Å². The molecule has 0 fully saturated rings. The quantitative estimate of drug-likeness (QED) is 0.819. The molecule has 2 aromatic heterocycles. The van der Waals surface area contributed by atoms with Gasteiger partial charge in [0.15, 0.2) is 5.65 Å². The number of nitrogens with zero attached hydrogens (tertiary/aromatic N) is 3. The molecule has 0 radical (unpaired) electrons. The predicted molar refractivity (Wildman–Crippen MR) is 54.0 cm³/mol. The Labute approximate surface area is 86.7 Å². The summed E-state index contributed by atoms with van der Waals surface area (Å²) < 4.78 is 10.3. The van der Waals surface area contributed by atoms with Crippen molar-refractivity contribution in [2.24, 2.45) is 0 Å². The van der Waals surface area contributed by atoms with Crippen molar-refractivity contribution in [1.29, 1.82) is 0 Å². The fourth-order valence-electron chi connectivity index (χ4n) is 1.13. The van der Waals surface area contributed by atoms with E-state index in [1.807, 2.05) is 13.8 Å². The number of nitrogens with one attached hydrogen (secondary N) is 1. The smallest absolute Gasteiger partial charge is 0.318 e. The number of methoxy groups -OCH3 is 1. The Morgan fingerprint density at radius 1 is 1.33 bits per heavy atom. The zero-order valence-corrected chi connectivity index (χ0v) is 8.81. The van der Waals surface area contributed by atoms with Crippen molar-refractivity contribution < 1.29 is 9.47 Å². The van der Waals surface area contributed by atoms with Crippen LogP contribution in [0.1, 0.15) is 13.8 Å². The highest BCUT2D eigenvalue weighted by molar-refractivity contribution is 5.70. The first-order chi connectivity index (χ1) is 7.19. The molecule has 2 rings (SSSR count). The summed E-state index contributed by atoms with van der Waals surface area (Å²) in [7, 11) is 1.54. The lowest BCUT2D eigenvalue weighted by Gasteiger charge is -2.05. The van der Waals surface area contributed by atoms with Gasteiger partial charge in [-0.05, 0) is 13.8 Å². The number of aromatic nitrogens is 4. The van der Waals surface area contributed by atoms with E-state index in [0.717, 1.165) is 5.52 Å². The third-order valence-electron chi connectivity index (χ3n) is 1.73. The number of fused-ring (bicyclic) bond motifs is 1. The molecule has 6 nitrogen and oxygen atoms in total. The van der Waals surface area contributed by atoms with Gasteiger partial charge in [-0.2, -0.15) is 9.97 Å². The van der Waals surface area contributed by atoms with E-state index in [0.29, 0.717) is 17.7 Å². The Bertz CT molecular complexity index is 466. The summed E-state index contributed by atoms with van der Waals surface area (Å²) in [5.41, 5.74) is 1.26. The highest BCUT2D eigenvalue weighted by Gasteiger charge is 2.07. The predicted octanol–water partition coefficient (Wildman–Crippen LogP) is 1.15. The number of H-pyrrole nitrogens is 1. The topological polar surface area (TPSA) is 72.9 Å². The fraction of sp³-hybridized carbons (Fsp3) is 0.444. The Morgan fingerprint density at radius 2 is 2.13 bits per heavy atom. The van der Waals surface area contributed by atoms with Gasteiger partial charge in [0.05, 0.1) is 19.4 Å². The van der Waals surface area contributed by atoms with E-state index in [1.54, 1.807) is 6.20 Å². The Kier molecular flexibility index (Phi) is 2.40. The summed E-state index contributed by atoms with van der Waals surface area (Å²) in [5, 5.41) is 0. The van der Waals surface area contributed by atoms with Crippen LogP contribution in [0.2, 0.25) is 0 Å². The zero-order chi connectivity index (χ0) is 10.8. The third kappa shape index (κ3) is 1.98. The van der Waals surface area contributed by atoms with E-state index in [2.05, 4.69) is 19.9 Å². The van der Waals surface area contributed by atoms with E-state index in [-0.39, 0.29) is 6.10 Å². The van der Waals surface area contributed by atoms with Crippen molar-refractivity contribution in [2.75, 3.05) is 7.11 Å². The molecule has 1 N–H and O–H groups in total. The highest BCUT2D eigenvalue weighted by atomic mass is 16.5. The third-order valence-corrected chi connectivity index (χ3v) is 1.73. The molecule has 0 spiro atoms. The molecule has 2 heterocycles. The van der Waals surface area contributed by atoms with Crippen LogP contribution in [0.25, 0.3) is 11.2 Å². The van der Waals surface area contributed by atoms with Gasteiger partial charge in [0, 0.05) is 0 Å². The molecule has 0 saturated carbocycles. The molecule has 6 heteroatoms. The Hall–Kier alpha value is -1.85. The second kappa shape index (κ2) is 3.72. The van der Waals surface area contributed by atoms with Gasteiger partial charge < -0.3 is 14.5 Å². The molecule has 0 atom stereocenters. The SMILES string of the molecule is COc1nc2nc(OC(C)C)ncc2[nH]1. The molecule has 15 heavy (non-hydrogen) atoms. The van der Waals surface area contributed by atoms with Gasteiger partial charge in [0.2, 0.25) is 0 Å². The second-order valence-electron chi connectivity index (χ2n) is 3.30. The normalized spacial score (nSPS) is 10.9. The number of rotatable bonds is 3. The minimum atomic E-state index is 0.0447. The standard InChI is InChI=1S/C9H12N4O2/c1-5(2)15-8-10-4-6-7(12-8)13-9(11-6)14-3/h4-5H,1-3H3,(H,10,11,12,13). The maximum absolute atomic E-state index is 5.35. The first kappa shape index (κ1) is 9.70. The summed E-state index contributed by atoms with van der Waals surface area (Å²) in [4.78, 5) is 15.2. The summed E-state index contributed by atoms with van der Waals surface area (Å²) in [5.74, 6) is 0. The molecular weight excluding hydrogens is 196 g/mol. The van der Waals surface area contributed by atoms with Crippen LogP contribution >= 0.6 is 0 Å². The van der Waals surface area contributed by atoms with Gasteiger partial charge in [-0.15, -0.1) is 0 Å². The molecule has 0 saturated heterocycles. The van der Waals surface area contributed by atoms with Crippen LogP contribution in [0, 0.1) is 0 Å². The molecule has 0 bridgehead atoms. The molecule has 0 aliphatic heterocycles. The van der Waals surface area contributed by atoms with E-state index in [4.69, 9.17) is 9.47 Å². The lowest BCUT2D eigenvalue weighted by molar-refractivity contribution is 0.223. The van der Waals surface area contributed by atoms with Crippen LogP contribution in [0.4, 0.5) is 0 Å². The van der Waals surface area contributed by atoms with Crippen molar-refractivity contribution in [3.05, 3.63) is 6.20 Å². The molecule has 2 aromatic rings. The average molecular weight is 208 g/mol. The summed E-state index contributed by atoms with van der Waals surface area (Å²) in [6, 6.07) is 0.743. The van der Waals surface area contributed by atoms with Gasteiger partial charge >= 0.3 is 6.01 Å². The van der Waals surface area contributed by atoms with Crippen molar-refractivity contribution in [2.45, 2.75) is 20.0 Å². The first-order valence-corrected chi connectivity index (χ1v) is 4.62. The van der Waals surface area contributed by atoms with Crippen LogP contribution in [0.5, 0.6) is 12.0 Å². The van der Waals surface area contributed by atoms with Crippen LogP contribution < -0.4 is 9.47 Å². The molecule has 0 aliphatic carbocycles. The lowest BCUT2D eigenvalue weighted by Crippen LogP contribution is -2.08. The molecular formula is C9H12N4O2. The van der Waals surface area contributed by atoms with E-state index < -0.39 is 0 Å². The van der Waals surface area contributed by atoms with Gasteiger partial charge in [0.1, 0.15) is 5.52 Å². The van der Waals surface area contributed by atoms with Gasteiger partial charge in [-0.3, -0.25) is 0 Å². The van der Waals surface area contributed by atoms with Gasteiger partial charge in [-0.1, -0.05) is 0 Å². The minimum absolute atomic E-state index is 0.0447. The summed E-state index contributed by atoms with van der Waals surface area (Å²) in [6.07, 6.45) is 1.67. The first-order valence-electron chi connectivity index (χ1n) is 4.62. The maximum atomic E-state index is 5.35. The van der Waals surface area contributed by atoms with Crippen LogP contribution in [-0.2, 0) is 0 Å². The Morgan fingerprint density at radius 3 is 2.80 bits per heavy atom. The van der Waals surface area contributed by atoms with E-state index in [1.165, 1.54) is 7.11 Å². The fourth-order valence-corrected chi connectivity index (χ4v) is 1.13. The second-order valence-corrected chi connectivity index (χ2v) is 3.30. The monoisotopic (exact) mass is 208 g/mol. The Balaban J connectivity index is 2.37. The highest BCUT2D eigenvalue weighted by Crippen LogP contribution is 2.15. The van der Waals surface area contributed by atoms with Crippen LogP contribution in [0.3, 0.4) is 0 Å². The van der Waals surface area contributed by atoms with Crippen LogP contribution in [0.15, 0.2) is 6.20 Å². The number of ether oxygens (including phenoxy) is 2. The van der Waals surface area contributed by atoms with Gasteiger partial charge in [-0.25, -0.2) is 4.98 Å². The molecule has 0 aliphatic rings. The summed E-state index contributed by atoms with van der Waals surface area (Å²) in [6.45, 7) is 3.83. The van der Waals surface area contributed by atoms with E-state index in [9.17, 15) is 0 Å². The number of hydrogen-bond donors (Lipinski definition) is 1. The summed E-state index contributed by atoms with van der Waals surface area (Å²) >= 11 is 0. The average Bonchev–Trinajstić information content (AvgIpc) is 2.58. The van der Waals surface area contributed by atoms with E-state index >= 15 is 0 Å². The molecule has 0 amide bonds. The van der Waals surface area contributed by atoms with Crippen molar-refractivity contribution in [3.63, 3.8) is 0 Å². The van der Waals surface area contributed by atoms with Crippen LogP contribution in [-0.4, -0.2) is 33.1 Å². The molecule has 0 unspecified atom stereocenters. The maximum Gasteiger partial charge on any atom is 0.318 e. The molecule has 80 valence electrons. The number of aromatic amines is 1. The number of imidazole rings is 1.